The minimum atomic E-state index is -0.196. The van der Waals surface area contributed by atoms with E-state index in [0.29, 0.717) is 23.7 Å². The average molecular weight is 323 g/mol. The molecule has 1 aromatic rings. The zero-order chi connectivity index (χ0) is 15.7. The van der Waals surface area contributed by atoms with Gasteiger partial charge in [-0.2, -0.15) is 0 Å². The lowest BCUT2D eigenvalue weighted by molar-refractivity contribution is 0.0315. The maximum atomic E-state index is 12.6. The van der Waals surface area contributed by atoms with Gasteiger partial charge >= 0.3 is 0 Å². The van der Waals surface area contributed by atoms with Crippen LogP contribution in [0.1, 0.15) is 35.2 Å². The van der Waals surface area contributed by atoms with Gasteiger partial charge in [0.2, 0.25) is 0 Å². The summed E-state index contributed by atoms with van der Waals surface area (Å²) in [4.78, 5) is 16.8. The summed E-state index contributed by atoms with van der Waals surface area (Å²) in [7, 11) is 0. The largest absolute Gasteiger partial charge is 0.391 e. The van der Waals surface area contributed by atoms with E-state index in [1.807, 2.05) is 24.0 Å². The Hall–Kier alpha value is -1.10. The monoisotopic (exact) mass is 322 g/mol. The van der Waals surface area contributed by atoms with Gasteiger partial charge in [0.25, 0.3) is 5.91 Å². The first-order valence-corrected chi connectivity index (χ1v) is 8.41. The predicted octanol–water partition coefficient (Wildman–Crippen LogP) is 2.32. The molecule has 5 heteroatoms. The van der Waals surface area contributed by atoms with Crippen molar-refractivity contribution in [3.05, 3.63) is 34.3 Å². The lowest BCUT2D eigenvalue weighted by Gasteiger charge is -2.39. The number of aliphatic hydroxyl groups excluding tert-OH is 1. The molecule has 0 unspecified atom stereocenters. The van der Waals surface area contributed by atoms with Gasteiger partial charge in [-0.1, -0.05) is 17.7 Å². The molecule has 4 nitrogen and oxygen atoms in total. The Kier molecular flexibility index (Phi) is 4.71. The van der Waals surface area contributed by atoms with Gasteiger partial charge in [0, 0.05) is 42.8 Å². The second kappa shape index (κ2) is 6.57. The van der Waals surface area contributed by atoms with Crippen LogP contribution in [0.2, 0.25) is 5.02 Å². The molecule has 0 spiro atoms. The summed E-state index contributed by atoms with van der Waals surface area (Å²) < 4.78 is 0. The smallest absolute Gasteiger partial charge is 0.253 e. The second-order valence-electron chi connectivity index (χ2n) is 6.36. The summed E-state index contributed by atoms with van der Waals surface area (Å²) >= 11 is 6.12. The molecule has 0 radical (unpaired) electrons. The van der Waals surface area contributed by atoms with Crippen LogP contribution in [0.3, 0.4) is 0 Å². The summed E-state index contributed by atoms with van der Waals surface area (Å²) in [5, 5.41) is 10.7. The van der Waals surface area contributed by atoms with Crippen LogP contribution in [-0.4, -0.2) is 59.1 Å². The van der Waals surface area contributed by atoms with Crippen molar-refractivity contribution in [3.8, 4) is 0 Å². The van der Waals surface area contributed by atoms with Crippen LogP contribution in [0, 0.1) is 6.92 Å². The van der Waals surface area contributed by atoms with Crippen LogP contribution in [0.25, 0.3) is 0 Å². The number of rotatable bonds is 2. The first-order valence-electron chi connectivity index (χ1n) is 8.04. The minimum absolute atomic E-state index is 0.0496. The number of halogens is 1. The Bertz CT molecular complexity index is 556. The van der Waals surface area contributed by atoms with Gasteiger partial charge in [-0.25, -0.2) is 0 Å². The number of carbonyl (C=O) groups is 1. The fraction of sp³-hybridized carbons (Fsp3) is 0.588. The molecule has 0 bridgehead atoms. The van der Waals surface area contributed by atoms with Gasteiger partial charge in [-0.05, 0) is 43.9 Å². The fourth-order valence-electron chi connectivity index (χ4n) is 3.51. The average Bonchev–Trinajstić information content (AvgIpc) is 2.95. The fourth-order valence-corrected chi connectivity index (χ4v) is 3.69. The van der Waals surface area contributed by atoms with Gasteiger partial charge in [-0.15, -0.1) is 0 Å². The van der Waals surface area contributed by atoms with E-state index < -0.39 is 0 Å². The molecule has 1 saturated carbocycles. The second-order valence-corrected chi connectivity index (χ2v) is 6.76. The van der Waals surface area contributed by atoms with Crippen LogP contribution in [-0.2, 0) is 0 Å². The van der Waals surface area contributed by atoms with Crippen LogP contribution < -0.4 is 0 Å². The van der Waals surface area contributed by atoms with E-state index in [0.717, 1.165) is 37.9 Å². The lowest BCUT2D eigenvalue weighted by Crippen LogP contribution is -2.53. The Balaban J connectivity index is 1.61. The van der Waals surface area contributed by atoms with Gasteiger partial charge in [0.1, 0.15) is 0 Å². The summed E-state index contributed by atoms with van der Waals surface area (Å²) in [6, 6.07) is 5.77. The van der Waals surface area contributed by atoms with Crippen molar-refractivity contribution >= 4 is 17.5 Å². The SMILES string of the molecule is Cc1ccc(C(=O)N2CCN([C@@H]3CCC[C@H]3O)CC2)cc1Cl. The predicted molar refractivity (Wildman–Crippen MR) is 87.3 cm³/mol. The molecule has 1 aliphatic heterocycles. The van der Waals surface area contributed by atoms with Gasteiger partial charge in [-0.3, -0.25) is 9.69 Å². The van der Waals surface area contributed by atoms with E-state index in [4.69, 9.17) is 11.6 Å². The number of aliphatic hydroxyl groups is 1. The number of nitrogens with zero attached hydrogens (tertiary/aromatic N) is 2. The standard InChI is InChI=1S/C17H23ClN2O2/c1-12-5-6-13(11-14(12)18)17(22)20-9-7-19(8-10-20)15-3-2-4-16(15)21/h5-6,11,15-16,21H,2-4,7-10H2,1H3/t15-,16-/m1/s1. The number of amides is 1. The Labute approximate surface area is 136 Å². The zero-order valence-electron chi connectivity index (χ0n) is 13.0. The van der Waals surface area contributed by atoms with Gasteiger partial charge in [0.05, 0.1) is 6.10 Å². The first kappa shape index (κ1) is 15.8. The summed E-state index contributed by atoms with van der Waals surface area (Å²) in [5.74, 6) is 0.0496. The third-order valence-corrected chi connectivity index (χ3v) is 5.34. The quantitative estimate of drug-likeness (QED) is 0.908. The molecule has 1 heterocycles. The summed E-state index contributed by atoms with van der Waals surface area (Å²) in [6.45, 7) is 5.05. The van der Waals surface area contributed by atoms with Crippen molar-refractivity contribution in [2.45, 2.75) is 38.3 Å². The molecule has 2 aliphatic rings. The minimum Gasteiger partial charge on any atom is -0.391 e. The maximum absolute atomic E-state index is 12.6. The number of piperazine rings is 1. The third kappa shape index (κ3) is 3.14. The van der Waals surface area contributed by atoms with Crippen LogP contribution in [0.5, 0.6) is 0 Å². The Morgan fingerprint density at radius 3 is 2.55 bits per heavy atom. The third-order valence-electron chi connectivity index (χ3n) is 4.93. The highest BCUT2D eigenvalue weighted by Crippen LogP contribution is 2.25. The number of hydrogen-bond acceptors (Lipinski definition) is 3. The van der Waals surface area contributed by atoms with Crippen molar-refractivity contribution in [1.82, 2.24) is 9.80 Å². The first-order chi connectivity index (χ1) is 10.6. The van der Waals surface area contributed by atoms with E-state index in [1.165, 1.54) is 0 Å². The van der Waals surface area contributed by atoms with E-state index in [1.54, 1.807) is 6.07 Å². The summed E-state index contributed by atoms with van der Waals surface area (Å²) in [5.41, 5.74) is 1.64. The normalized spacial score (nSPS) is 26.4. The molecule has 120 valence electrons. The highest BCUT2D eigenvalue weighted by molar-refractivity contribution is 6.31. The van der Waals surface area contributed by atoms with Gasteiger partial charge < -0.3 is 10.0 Å². The van der Waals surface area contributed by atoms with E-state index in [9.17, 15) is 9.90 Å². The lowest BCUT2D eigenvalue weighted by atomic mass is 10.1. The molecule has 0 aromatic heterocycles. The van der Waals surface area contributed by atoms with Crippen molar-refractivity contribution in [2.75, 3.05) is 26.2 Å². The van der Waals surface area contributed by atoms with Crippen molar-refractivity contribution in [1.29, 1.82) is 0 Å². The number of carbonyl (C=O) groups excluding carboxylic acids is 1. The number of aryl methyl sites for hydroxylation is 1. The van der Waals surface area contributed by atoms with E-state index in [2.05, 4.69) is 4.90 Å². The van der Waals surface area contributed by atoms with Crippen molar-refractivity contribution in [3.63, 3.8) is 0 Å². The number of hydrogen-bond donors (Lipinski definition) is 1. The molecule has 22 heavy (non-hydrogen) atoms. The highest BCUT2D eigenvalue weighted by atomic mass is 35.5. The highest BCUT2D eigenvalue weighted by Gasteiger charge is 2.33. The topological polar surface area (TPSA) is 43.8 Å². The van der Waals surface area contributed by atoms with Crippen LogP contribution in [0.4, 0.5) is 0 Å². The van der Waals surface area contributed by atoms with Crippen LogP contribution >= 0.6 is 11.6 Å². The molecule has 1 amide bonds. The molecule has 2 fully saturated rings. The van der Waals surface area contributed by atoms with E-state index >= 15 is 0 Å². The number of benzene rings is 1. The molecule has 1 N–H and O–H groups in total. The molecule has 1 aromatic carbocycles. The van der Waals surface area contributed by atoms with Crippen molar-refractivity contribution < 1.29 is 9.90 Å². The molecule has 2 atom stereocenters. The van der Waals surface area contributed by atoms with Crippen LogP contribution in [0.15, 0.2) is 18.2 Å². The van der Waals surface area contributed by atoms with Gasteiger partial charge in [0.15, 0.2) is 0 Å². The molecule has 3 rings (SSSR count). The molecular weight excluding hydrogens is 300 g/mol. The summed E-state index contributed by atoms with van der Waals surface area (Å²) in [6.07, 6.45) is 2.89. The molecular formula is C17H23ClN2O2. The Morgan fingerprint density at radius 1 is 1.23 bits per heavy atom. The maximum Gasteiger partial charge on any atom is 0.253 e. The van der Waals surface area contributed by atoms with E-state index in [-0.39, 0.29) is 18.1 Å². The Morgan fingerprint density at radius 2 is 1.95 bits per heavy atom. The van der Waals surface area contributed by atoms with Crippen molar-refractivity contribution in [2.24, 2.45) is 0 Å². The molecule has 1 saturated heterocycles. The molecule has 1 aliphatic carbocycles. The zero-order valence-corrected chi connectivity index (χ0v) is 13.7.